The van der Waals surface area contributed by atoms with Gasteiger partial charge < -0.3 is 0 Å². The minimum Gasteiger partial charge on any atom is -0.0654 e. The molecule has 78 valence electrons. The third-order valence-electron chi connectivity index (χ3n) is 3.90. The van der Waals surface area contributed by atoms with Crippen LogP contribution in [0.15, 0.2) is 0 Å². The molecule has 13 heavy (non-hydrogen) atoms. The van der Waals surface area contributed by atoms with Gasteiger partial charge in [0.05, 0.1) is 0 Å². The quantitative estimate of drug-likeness (QED) is 0.537. The molecule has 1 aliphatic rings. The highest BCUT2D eigenvalue weighted by Gasteiger charge is 2.33. The number of unbranched alkanes of at least 4 members (excludes halogenated alkanes) is 2. The van der Waals surface area contributed by atoms with Gasteiger partial charge in [-0.05, 0) is 37.0 Å². The van der Waals surface area contributed by atoms with Gasteiger partial charge in [-0.3, -0.25) is 0 Å². The zero-order valence-electron chi connectivity index (χ0n) is 9.73. The minimum absolute atomic E-state index is 0.718. The van der Waals surface area contributed by atoms with E-state index in [-0.39, 0.29) is 0 Å². The molecule has 0 aliphatic heterocycles. The van der Waals surface area contributed by atoms with Crippen LogP contribution in [0.1, 0.15) is 72.1 Å². The molecular weight excluding hydrogens is 156 g/mol. The zero-order valence-corrected chi connectivity index (χ0v) is 9.73. The Balaban J connectivity index is 2.23. The van der Waals surface area contributed by atoms with Crippen LogP contribution < -0.4 is 0 Å². The molecule has 1 saturated carbocycles. The molecule has 0 aromatic heterocycles. The normalized spacial score (nSPS) is 33.9. The van der Waals surface area contributed by atoms with Crippen LogP contribution in [0.2, 0.25) is 0 Å². The van der Waals surface area contributed by atoms with Crippen molar-refractivity contribution in [2.75, 3.05) is 0 Å². The van der Waals surface area contributed by atoms with E-state index in [1.165, 1.54) is 51.4 Å². The molecular formula is C13H26. The molecule has 0 radical (unpaired) electrons. The molecule has 1 aliphatic carbocycles. The Morgan fingerprint density at radius 2 is 2.00 bits per heavy atom. The first-order chi connectivity index (χ1) is 6.20. The molecule has 1 rings (SSSR count). The monoisotopic (exact) mass is 182 g/mol. The van der Waals surface area contributed by atoms with Crippen LogP contribution in [0.5, 0.6) is 0 Å². The molecule has 1 fully saturated rings. The molecule has 0 heterocycles. The lowest BCUT2D eigenvalue weighted by molar-refractivity contribution is 0.281. The fourth-order valence-electron chi connectivity index (χ4n) is 2.83. The minimum atomic E-state index is 0.718. The van der Waals surface area contributed by atoms with Gasteiger partial charge in [0.25, 0.3) is 0 Å². The van der Waals surface area contributed by atoms with E-state index < -0.39 is 0 Å². The van der Waals surface area contributed by atoms with Gasteiger partial charge in [0.15, 0.2) is 0 Å². The van der Waals surface area contributed by atoms with Crippen LogP contribution in [-0.2, 0) is 0 Å². The van der Waals surface area contributed by atoms with E-state index >= 15 is 0 Å². The van der Waals surface area contributed by atoms with Gasteiger partial charge in [-0.15, -0.1) is 0 Å². The topological polar surface area (TPSA) is 0 Å². The molecule has 0 amide bonds. The molecule has 0 aromatic rings. The SMILES string of the molecule is CCCCCC1(C)CCC(CC)C1. The van der Waals surface area contributed by atoms with E-state index in [9.17, 15) is 0 Å². The fourth-order valence-corrected chi connectivity index (χ4v) is 2.83. The summed E-state index contributed by atoms with van der Waals surface area (Å²) in [6, 6.07) is 0. The lowest BCUT2D eigenvalue weighted by Gasteiger charge is -2.23. The average molecular weight is 182 g/mol. The third-order valence-corrected chi connectivity index (χ3v) is 3.90. The van der Waals surface area contributed by atoms with Crippen molar-refractivity contribution in [2.24, 2.45) is 11.3 Å². The van der Waals surface area contributed by atoms with Crippen LogP contribution in [0.4, 0.5) is 0 Å². The van der Waals surface area contributed by atoms with Gasteiger partial charge in [-0.25, -0.2) is 0 Å². The molecule has 0 bridgehead atoms. The standard InChI is InChI=1S/C13H26/c1-4-6-7-9-13(3)10-8-12(5-2)11-13/h12H,4-11H2,1-3H3. The molecule has 0 N–H and O–H groups in total. The summed E-state index contributed by atoms with van der Waals surface area (Å²) in [6.45, 7) is 7.16. The maximum atomic E-state index is 2.51. The number of hydrogen-bond acceptors (Lipinski definition) is 0. The predicted octanol–water partition coefficient (Wildman–Crippen LogP) is 4.78. The molecule has 2 atom stereocenters. The van der Waals surface area contributed by atoms with Gasteiger partial charge in [-0.2, -0.15) is 0 Å². The van der Waals surface area contributed by atoms with Crippen molar-refractivity contribution in [1.82, 2.24) is 0 Å². The lowest BCUT2D eigenvalue weighted by atomic mass is 9.82. The second-order valence-corrected chi connectivity index (χ2v) is 5.28. The molecule has 0 nitrogen and oxygen atoms in total. The summed E-state index contributed by atoms with van der Waals surface area (Å²) in [5.74, 6) is 1.05. The predicted molar refractivity (Wildman–Crippen MR) is 59.9 cm³/mol. The second-order valence-electron chi connectivity index (χ2n) is 5.28. The number of rotatable bonds is 5. The van der Waals surface area contributed by atoms with Crippen LogP contribution in [0.3, 0.4) is 0 Å². The second kappa shape index (κ2) is 5.02. The fraction of sp³-hybridized carbons (Fsp3) is 1.00. The van der Waals surface area contributed by atoms with Crippen molar-refractivity contribution < 1.29 is 0 Å². The molecule has 0 saturated heterocycles. The average Bonchev–Trinajstić information content (AvgIpc) is 2.49. The van der Waals surface area contributed by atoms with Gasteiger partial charge in [0.2, 0.25) is 0 Å². The van der Waals surface area contributed by atoms with Crippen LogP contribution in [-0.4, -0.2) is 0 Å². The van der Waals surface area contributed by atoms with Crippen molar-refractivity contribution >= 4 is 0 Å². The van der Waals surface area contributed by atoms with Crippen molar-refractivity contribution in [3.05, 3.63) is 0 Å². The van der Waals surface area contributed by atoms with Crippen LogP contribution >= 0.6 is 0 Å². The highest BCUT2D eigenvalue weighted by Crippen LogP contribution is 2.46. The van der Waals surface area contributed by atoms with E-state index in [1.54, 1.807) is 0 Å². The Kier molecular flexibility index (Phi) is 4.28. The molecule has 2 unspecified atom stereocenters. The van der Waals surface area contributed by atoms with E-state index in [4.69, 9.17) is 0 Å². The first-order valence-electron chi connectivity index (χ1n) is 6.20. The largest absolute Gasteiger partial charge is 0.0654 e. The van der Waals surface area contributed by atoms with Crippen molar-refractivity contribution in [2.45, 2.75) is 72.1 Å². The summed E-state index contributed by atoms with van der Waals surface area (Å²) < 4.78 is 0. The highest BCUT2D eigenvalue weighted by atomic mass is 14.4. The Hall–Kier alpha value is 0. The summed E-state index contributed by atoms with van der Waals surface area (Å²) in [5, 5.41) is 0. The van der Waals surface area contributed by atoms with Gasteiger partial charge in [0, 0.05) is 0 Å². The summed E-state index contributed by atoms with van der Waals surface area (Å²) in [7, 11) is 0. The van der Waals surface area contributed by atoms with Crippen molar-refractivity contribution in [1.29, 1.82) is 0 Å². The third kappa shape index (κ3) is 3.32. The van der Waals surface area contributed by atoms with E-state index in [1.807, 2.05) is 0 Å². The smallest absolute Gasteiger partial charge is 0.0323 e. The van der Waals surface area contributed by atoms with Gasteiger partial charge >= 0.3 is 0 Å². The maximum Gasteiger partial charge on any atom is -0.0323 e. The molecule has 0 aromatic carbocycles. The molecule has 0 heteroatoms. The van der Waals surface area contributed by atoms with Crippen LogP contribution in [0.25, 0.3) is 0 Å². The maximum absolute atomic E-state index is 2.51. The Morgan fingerprint density at radius 3 is 2.54 bits per heavy atom. The van der Waals surface area contributed by atoms with E-state index in [0.717, 1.165) is 11.3 Å². The van der Waals surface area contributed by atoms with Crippen LogP contribution in [0, 0.1) is 11.3 Å². The Morgan fingerprint density at radius 1 is 1.23 bits per heavy atom. The van der Waals surface area contributed by atoms with Gasteiger partial charge in [0.1, 0.15) is 0 Å². The van der Waals surface area contributed by atoms with Gasteiger partial charge in [-0.1, -0.05) is 46.5 Å². The summed E-state index contributed by atoms with van der Waals surface area (Å²) in [5.41, 5.74) is 0.718. The van der Waals surface area contributed by atoms with E-state index in [0.29, 0.717) is 0 Å². The summed E-state index contributed by atoms with van der Waals surface area (Å²) in [4.78, 5) is 0. The van der Waals surface area contributed by atoms with E-state index in [2.05, 4.69) is 20.8 Å². The first-order valence-corrected chi connectivity index (χ1v) is 6.20. The summed E-state index contributed by atoms with van der Waals surface area (Å²) in [6.07, 6.45) is 11.7. The summed E-state index contributed by atoms with van der Waals surface area (Å²) >= 11 is 0. The highest BCUT2D eigenvalue weighted by molar-refractivity contribution is 4.84. The van der Waals surface area contributed by atoms with Crippen molar-refractivity contribution in [3.8, 4) is 0 Å². The van der Waals surface area contributed by atoms with Crippen molar-refractivity contribution in [3.63, 3.8) is 0 Å². The molecule has 0 spiro atoms. The number of hydrogen-bond donors (Lipinski definition) is 0. The first kappa shape index (κ1) is 11.1. The Labute approximate surface area is 84.1 Å². The Bertz CT molecular complexity index is 139. The lowest BCUT2D eigenvalue weighted by Crippen LogP contribution is -2.11. The zero-order chi connectivity index (χ0) is 9.73.